The second-order valence-corrected chi connectivity index (χ2v) is 5.98. The lowest BCUT2D eigenvalue weighted by Gasteiger charge is -2.17. The Bertz CT molecular complexity index is 322. The van der Waals surface area contributed by atoms with E-state index in [4.69, 9.17) is 9.84 Å². The molecule has 0 aliphatic carbocycles. The van der Waals surface area contributed by atoms with Crippen LogP contribution < -0.4 is 4.74 Å². The number of aliphatic hydroxyl groups is 1. The maximum Gasteiger partial charge on any atom is 0.119 e. The zero-order valence-corrected chi connectivity index (χ0v) is 11.9. The van der Waals surface area contributed by atoms with Crippen molar-refractivity contribution < 1.29 is 9.84 Å². The molecule has 0 aliphatic heterocycles. The summed E-state index contributed by atoms with van der Waals surface area (Å²) in [6.07, 6.45) is 4.03. The van der Waals surface area contributed by atoms with Crippen LogP contribution >= 0.6 is 0 Å². The SMILES string of the molecule is CC(C)(C)CCCOc1ccc(CCCO)cc1. The maximum absolute atomic E-state index is 8.77. The molecule has 0 saturated carbocycles. The second kappa shape index (κ2) is 7.42. The van der Waals surface area contributed by atoms with Crippen molar-refractivity contribution in [3.8, 4) is 5.75 Å². The van der Waals surface area contributed by atoms with Crippen molar-refractivity contribution >= 4 is 0 Å². The van der Waals surface area contributed by atoms with E-state index in [1.54, 1.807) is 0 Å². The van der Waals surface area contributed by atoms with Gasteiger partial charge in [-0.25, -0.2) is 0 Å². The Morgan fingerprint density at radius 2 is 1.72 bits per heavy atom. The first-order valence-electron chi connectivity index (χ1n) is 6.84. The maximum atomic E-state index is 8.77. The van der Waals surface area contributed by atoms with Crippen molar-refractivity contribution in [2.24, 2.45) is 5.41 Å². The Morgan fingerprint density at radius 1 is 1.06 bits per heavy atom. The van der Waals surface area contributed by atoms with Gasteiger partial charge in [-0.3, -0.25) is 0 Å². The van der Waals surface area contributed by atoms with E-state index in [9.17, 15) is 0 Å². The zero-order chi connectivity index (χ0) is 13.4. The van der Waals surface area contributed by atoms with Crippen LogP contribution in [0, 0.1) is 5.41 Å². The van der Waals surface area contributed by atoms with Crippen LogP contribution in [0.2, 0.25) is 0 Å². The molecule has 1 rings (SSSR count). The molecule has 18 heavy (non-hydrogen) atoms. The van der Waals surface area contributed by atoms with E-state index in [2.05, 4.69) is 32.9 Å². The van der Waals surface area contributed by atoms with E-state index in [0.717, 1.165) is 31.6 Å². The van der Waals surface area contributed by atoms with Crippen LogP contribution in [0.25, 0.3) is 0 Å². The third-order valence-electron chi connectivity index (χ3n) is 2.89. The fraction of sp³-hybridized carbons (Fsp3) is 0.625. The van der Waals surface area contributed by atoms with Crippen LogP contribution in [0.5, 0.6) is 5.75 Å². The Kier molecular flexibility index (Phi) is 6.20. The second-order valence-electron chi connectivity index (χ2n) is 5.98. The van der Waals surface area contributed by atoms with Crippen LogP contribution in [0.3, 0.4) is 0 Å². The average Bonchev–Trinajstić information content (AvgIpc) is 2.32. The first kappa shape index (κ1) is 15.0. The van der Waals surface area contributed by atoms with E-state index in [-0.39, 0.29) is 6.61 Å². The van der Waals surface area contributed by atoms with Gasteiger partial charge in [0.1, 0.15) is 5.75 Å². The summed E-state index contributed by atoms with van der Waals surface area (Å²) in [6.45, 7) is 7.80. The molecular formula is C16H26O2. The van der Waals surface area contributed by atoms with Gasteiger partial charge >= 0.3 is 0 Å². The number of benzene rings is 1. The minimum Gasteiger partial charge on any atom is -0.494 e. The molecule has 0 fully saturated rings. The summed E-state index contributed by atoms with van der Waals surface area (Å²) < 4.78 is 5.71. The molecule has 102 valence electrons. The number of ether oxygens (including phenoxy) is 1. The number of aliphatic hydroxyl groups excluding tert-OH is 1. The van der Waals surface area contributed by atoms with Gasteiger partial charge in [0.15, 0.2) is 0 Å². The predicted octanol–water partition coefficient (Wildman–Crippen LogP) is 3.82. The van der Waals surface area contributed by atoms with Gasteiger partial charge in [0.2, 0.25) is 0 Å². The molecule has 0 aromatic heterocycles. The van der Waals surface area contributed by atoms with Crippen LogP contribution in [0.15, 0.2) is 24.3 Å². The number of hydrogen-bond donors (Lipinski definition) is 1. The molecule has 0 heterocycles. The lowest BCUT2D eigenvalue weighted by Crippen LogP contribution is -2.07. The van der Waals surface area contributed by atoms with E-state index >= 15 is 0 Å². The number of rotatable bonds is 7. The number of aryl methyl sites for hydroxylation is 1. The van der Waals surface area contributed by atoms with Crippen molar-refractivity contribution in [3.05, 3.63) is 29.8 Å². The predicted molar refractivity (Wildman–Crippen MR) is 76.0 cm³/mol. The highest BCUT2D eigenvalue weighted by atomic mass is 16.5. The van der Waals surface area contributed by atoms with Crippen LogP contribution in [-0.2, 0) is 6.42 Å². The molecular weight excluding hydrogens is 224 g/mol. The highest BCUT2D eigenvalue weighted by Gasteiger charge is 2.09. The van der Waals surface area contributed by atoms with Crippen LogP contribution in [-0.4, -0.2) is 18.3 Å². The Labute approximate surface area is 111 Å². The third-order valence-corrected chi connectivity index (χ3v) is 2.89. The quantitative estimate of drug-likeness (QED) is 0.745. The standard InChI is InChI=1S/C16H26O2/c1-16(2,3)11-5-13-18-15-9-7-14(8-10-15)6-4-12-17/h7-10,17H,4-6,11-13H2,1-3H3. The minimum absolute atomic E-state index is 0.255. The molecule has 1 aromatic rings. The Balaban J connectivity index is 2.26. The molecule has 2 heteroatoms. The van der Waals surface area contributed by atoms with Crippen molar-refractivity contribution in [1.29, 1.82) is 0 Å². The molecule has 2 nitrogen and oxygen atoms in total. The molecule has 0 atom stereocenters. The lowest BCUT2D eigenvalue weighted by molar-refractivity contribution is 0.269. The van der Waals surface area contributed by atoms with Crippen LogP contribution in [0.1, 0.15) is 45.6 Å². The smallest absolute Gasteiger partial charge is 0.119 e. The van der Waals surface area contributed by atoms with Gasteiger partial charge in [0.05, 0.1) is 6.61 Å². The highest BCUT2D eigenvalue weighted by Crippen LogP contribution is 2.21. The highest BCUT2D eigenvalue weighted by molar-refractivity contribution is 5.27. The molecule has 1 N–H and O–H groups in total. The Hall–Kier alpha value is -1.02. The first-order chi connectivity index (χ1) is 8.51. The van der Waals surface area contributed by atoms with Crippen molar-refractivity contribution in [1.82, 2.24) is 0 Å². The number of hydrogen-bond acceptors (Lipinski definition) is 2. The molecule has 0 saturated heterocycles. The van der Waals surface area contributed by atoms with Gasteiger partial charge in [0, 0.05) is 6.61 Å². The Morgan fingerprint density at radius 3 is 2.28 bits per heavy atom. The van der Waals surface area contributed by atoms with Crippen molar-refractivity contribution in [2.45, 2.75) is 46.5 Å². The summed E-state index contributed by atoms with van der Waals surface area (Å²) in [5, 5.41) is 8.77. The van der Waals surface area contributed by atoms with Gasteiger partial charge in [-0.1, -0.05) is 32.9 Å². The van der Waals surface area contributed by atoms with E-state index in [1.807, 2.05) is 12.1 Å². The largest absolute Gasteiger partial charge is 0.494 e. The molecule has 0 unspecified atom stereocenters. The summed E-state index contributed by atoms with van der Waals surface area (Å²) in [6, 6.07) is 8.19. The summed E-state index contributed by atoms with van der Waals surface area (Å²) >= 11 is 0. The normalized spacial score (nSPS) is 11.6. The molecule has 0 radical (unpaired) electrons. The van der Waals surface area contributed by atoms with Gasteiger partial charge in [-0.15, -0.1) is 0 Å². The first-order valence-corrected chi connectivity index (χ1v) is 6.84. The third kappa shape index (κ3) is 6.65. The van der Waals surface area contributed by atoms with E-state index in [1.165, 1.54) is 12.0 Å². The molecule has 1 aromatic carbocycles. The topological polar surface area (TPSA) is 29.5 Å². The summed E-state index contributed by atoms with van der Waals surface area (Å²) in [5.41, 5.74) is 1.64. The van der Waals surface area contributed by atoms with Crippen molar-refractivity contribution in [3.63, 3.8) is 0 Å². The van der Waals surface area contributed by atoms with Gasteiger partial charge in [0.25, 0.3) is 0 Å². The van der Waals surface area contributed by atoms with E-state index < -0.39 is 0 Å². The fourth-order valence-electron chi connectivity index (χ4n) is 1.83. The van der Waals surface area contributed by atoms with Crippen LogP contribution in [0.4, 0.5) is 0 Å². The van der Waals surface area contributed by atoms with Crippen molar-refractivity contribution in [2.75, 3.05) is 13.2 Å². The minimum atomic E-state index is 0.255. The summed E-state index contributed by atoms with van der Waals surface area (Å²) in [4.78, 5) is 0. The average molecular weight is 250 g/mol. The molecule has 0 spiro atoms. The molecule has 0 bridgehead atoms. The monoisotopic (exact) mass is 250 g/mol. The molecule has 0 aliphatic rings. The van der Waals surface area contributed by atoms with Gasteiger partial charge in [-0.2, -0.15) is 0 Å². The summed E-state index contributed by atoms with van der Waals surface area (Å²) in [5.74, 6) is 0.941. The van der Waals surface area contributed by atoms with Gasteiger partial charge < -0.3 is 9.84 Å². The lowest BCUT2D eigenvalue weighted by atomic mass is 9.91. The summed E-state index contributed by atoms with van der Waals surface area (Å²) in [7, 11) is 0. The zero-order valence-electron chi connectivity index (χ0n) is 11.9. The molecule has 0 amide bonds. The van der Waals surface area contributed by atoms with Gasteiger partial charge in [-0.05, 0) is 48.8 Å². The fourth-order valence-corrected chi connectivity index (χ4v) is 1.83. The van der Waals surface area contributed by atoms with E-state index in [0.29, 0.717) is 5.41 Å².